The third-order valence-corrected chi connectivity index (χ3v) is 3.52. The largest absolute Gasteiger partial charge is 0.487 e. The van der Waals surface area contributed by atoms with E-state index in [1.165, 1.54) is 12.1 Å². The molecular formula is C14H10Cl3FO. The Morgan fingerprint density at radius 3 is 2.47 bits per heavy atom. The smallest absolute Gasteiger partial charge is 0.142 e. The van der Waals surface area contributed by atoms with Crippen molar-refractivity contribution in [1.82, 2.24) is 0 Å². The van der Waals surface area contributed by atoms with Crippen LogP contribution < -0.4 is 4.74 Å². The molecule has 0 unspecified atom stereocenters. The number of halogens is 4. The summed E-state index contributed by atoms with van der Waals surface area (Å²) < 4.78 is 18.6. The first kappa shape index (κ1) is 14.4. The lowest BCUT2D eigenvalue weighted by molar-refractivity contribution is 0.304. The van der Waals surface area contributed by atoms with E-state index < -0.39 is 0 Å². The average molecular weight is 320 g/mol. The molecular weight excluding hydrogens is 310 g/mol. The number of alkyl halides is 1. The summed E-state index contributed by atoms with van der Waals surface area (Å²) in [5.41, 5.74) is 1.48. The molecule has 2 aromatic carbocycles. The van der Waals surface area contributed by atoms with Crippen LogP contribution in [0, 0.1) is 5.82 Å². The second-order valence-electron chi connectivity index (χ2n) is 3.89. The molecule has 2 rings (SSSR count). The van der Waals surface area contributed by atoms with Gasteiger partial charge in [0, 0.05) is 11.1 Å². The van der Waals surface area contributed by atoms with Crippen LogP contribution in [0.1, 0.15) is 11.1 Å². The Morgan fingerprint density at radius 1 is 1.00 bits per heavy atom. The fourth-order valence-corrected chi connectivity index (χ4v) is 2.29. The molecule has 5 heteroatoms. The Kier molecular flexibility index (Phi) is 4.92. The van der Waals surface area contributed by atoms with E-state index in [0.29, 0.717) is 27.2 Å². The highest BCUT2D eigenvalue weighted by atomic mass is 35.5. The molecule has 0 saturated carbocycles. The third kappa shape index (κ3) is 3.53. The maximum absolute atomic E-state index is 12.9. The van der Waals surface area contributed by atoms with Crippen molar-refractivity contribution >= 4 is 34.8 Å². The van der Waals surface area contributed by atoms with Crippen LogP contribution in [0.15, 0.2) is 36.4 Å². The summed E-state index contributed by atoms with van der Waals surface area (Å²) in [6.07, 6.45) is 0. The van der Waals surface area contributed by atoms with E-state index >= 15 is 0 Å². The second-order valence-corrected chi connectivity index (χ2v) is 4.97. The fourth-order valence-electron chi connectivity index (χ4n) is 1.61. The molecule has 0 heterocycles. The molecule has 0 N–H and O–H groups in total. The highest BCUT2D eigenvalue weighted by Crippen LogP contribution is 2.31. The lowest BCUT2D eigenvalue weighted by Crippen LogP contribution is -1.99. The summed E-state index contributed by atoms with van der Waals surface area (Å²) in [5.74, 6) is 0.444. The minimum atomic E-state index is -0.382. The van der Waals surface area contributed by atoms with Crippen molar-refractivity contribution in [3.8, 4) is 5.75 Å². The number of benzene rings is 2. The summed E-state index contributed by atoms with van der Waals surface area (Å²) >= 11 is 17.8. The predicted octanol–water partition coefficient (Wildman–Crippen LogP) is 5.45. The van der Waals surface area contributed by atoms with Gasteiger partial charge in [0.05, 0.1) is 15.9 Å². The van der Waals surface area contributed by atoms with Crippen molar-refractivity contribution in [2.45, 2.75) is 12.5 Å². The molecule has 2 aromatic rings. The quantitative estimate of drug-likeness (QED) is 0.681. The molecule has 0 aliphatic heterocycles. The summed E-state index contributed by atoms with van der Waals surface area (Å²) in [7, 11) is 0. The van der Waals surface area contributed by atoms with Gasteiger partial charge in [0.25, 0.3) is 0 Å². The Bertz CT molecular complexity index is 587. The first-order valence-corrected chi connectivity index (χ1v) is 6.81. The SMILES string of the molecule is Fc1ccc(COc2c(Cl)cccc2CCl)c(Cl)c1. The van der Waals surface area contributed by atoms with E-state index in [9.17, 15) is 4.39 Å². The molecule has 0 spiro atoms. The molecule has 0 aromatic heterocycles. The van der Waals surface area contributed by atoms with Crippen molar-refractivity contribution in [2.75, 3.05) is 0 Å². The Hall–Kier alpha value is -0.960. The first-order chi connectivity index (χ1) is 9.11. The minimum Gasteiger partial charge on any atom is -0.487 e. The zero-order chi connectivity index (χ0) is 13.8. The third-order valence-electron chi connectivity index (χ3n) is 2.58. The van der Waals surface area contributed by atoms with Crippen LogP contribution in [0.25, 0.3) is 0 Å². The van der Waals surface area contributed by atoms with Gasteiger partial charge in [0.2, 0.25) is 0 Å². The van der Waals surface area contributed by atoms with E-state index in [1.807, 2.05) is 6.07 Å². The van der Waals surface area contributed by atoms with Crippen LogP contribution in [0.2, 0.25) is 10.0 Å². The molecule has 0 fully saturated rings. The molecule has 0 saturated heterocycles. The van der Waals surface area contributed by atoms with Crippen molar-refractivity contribution in [3.05, 3.63) is 63.4 Å². The van der Waals surface area contributed by atoms with E-state index in [4.69, 9.17) is 39.5 Å². The number of rotatable bonds is 4. The second kappa shape index (κ2) is 6.47. The topological polar surface area (TPSA) is 9.23 Å². The van der Waals surface area contributed by atoms with Crippen molar-refractivity contribution in [3.63, 3.8) is 0 Å². The van der Waals surface area contributed by atoms with Gasteiger partial charge in [-0.2, -0.15) is 0 Å². The van der Waals surface area contributed by atoms with Crippen LogP contribution in [-0.2, 0) is 12.5 Å². The van der Waals surface area contributed by atoms with Crippen molar-refractivity contribution in [2.24, 2.45) is 0 Å². The van der Waals surface area contributed by atoms with Gasteiger partial charge in [-0.3, -0.25) is 0 Å². The number of hydrogen-bond acceptors (Lipinski definition) is 1. The van der Waals surface area contributed by atoms with E-state index in [-0.39, 0.29) is 12.4 Å². The van der Waals surface area contributed by atoms with Gasteiger partial charge in [0.15, 0.2) is 0 Å². The normalized spacial score (nSPS) is 10.5. The summed E-state index contributed by atoms with van der Waals surface area (Å²) in [6.45, 7) is 0.201. The minimum absolute atomic E-state index is 0.201. The lowest BCUT2D eigenvalue weighted by Gasteiger charge is -2.12. The monoisotopic (exact) mass is 318 g/mol. The van der Waals surface area contributed by atoms with Gasteiger partial charge < -0.3 is 4.74 Å². The number of ether oxygens (including phenoxy) is 1. The molecule has 0 bridgehead atoms. The zero-order valence-electron chi connectivity index (χ0n) is 9.80. The van der Waals surface area contributed by atoms with Crippen LogP contribution in [0.5, 0.6) is 5.75 Å². The maximum Gasteiger partial charge on any atom is 0.142 e. The Labute approximate surface area is 125 Å². The van der Waals surface area contributed by atoms with Crippen molar-refractivity contribution in [1.29, 1.82) is 0 Å². The summed E-state index contributed by atoms with van der Waals surface area (Å²) in [6, 6.07) is 9.52. The van der Waals surface area contributed by atoms with E-state index in [2.05, 4.69) is 0 Å². The Balaban J connectivity index is 2.19. The van der Waals surface area contributed by atoms with E-state index in [1.54, 1.807) is 18.2 Å². The molecule has 0 atom stereocenters. The van der Waals surface area contributed by atoms with Crippen LogP contribution in [-0.4, -0.2) is 0 Å². The van der Waals surface area contributed by atoms with Gasteiger partial charge in [-0.25, -0.2) is 4.39 Å². The molecule has 1 nitrogen and oxygen atoms in total. The van der Waals surface area contributed by atoms with E-state index in [0.717, 1.165) is 5.56 Å². The van der Waals surface area contributed by atoms with Gasteiger partial charge in [0.1, 0.15) is 18.2 Å². The highest BCUT2D eigenvalue weighted by molar-refractivity contribution is 6.32. The summed E-state index contributed by atoms with van der Waals surface area (Å²) in [5, 5.41) is 0.802. The van der Waals surface area contributed by atoms with Crippen LogP contribution >= 0.6 is 34.8 Å². The molecule has 0 aliphatic rings. The van der Waals surface area contributed by atoms with Gasteiger partial charge >= 0.3 is 0 Å². The zero-order valence-corrected chi connectivity index (χ0v) is 12.1. The lowest BCUT2D eigenvalue weighted by atomic mass is 10.2. The molecule has 0 aliphatic carbocycles. The first-order valence-electron chi connectivity index (χ1n) is 5.52. The van der Waals surface area contributed by atoms with Crippen molar-refractivity contribution < 1.29 is 9.13 Å². The van der Waals surface area contributed by atoms with Crippen LogP contribution in [0.3, 0.4) is 0 Å². The van der Waals surface area contributed by atoms with Gasteiger partial charge in [-0.1, -0.05) is 41.4 Å². The Morgan fingerprint density at radius 2 is 1.79 bits per heavy atom. The number of para-hydroxylation sites is 1. The molecule has 0 radical (unpaired) electrons. The van der Waals surface area contributed by atoms with Crippen LogP contribution in [0.4, 0.5) is 4.39 Å². The molecule has 100 valence electrons. The average Bonchev–Trinajstić information content (AvgIpc) is 2.39. The maximum atomic E-state index is 12.9. The highest BCUT2D eigenvalue weighted by Gasteiger charge is 2.09. The molecule has 19 heavy (non-hydrogen) atoms. The standard InChI is InChI=1S/C14H10Cl3FO/c15-7-9-2-1-3-12(16)14(9)19-8-10-4-5-11(18)6-13(10)17/h1-6H,7-8H2. The number of hydrogen-bond donors (Lipinski definition) is 0. The fraction of sp³-hybridized carbons (Fsp3) is 0.143. The summed E-state index contributed by atoms with van der Waals surface area (Å²) in [4.78, 5) is 0. The van der Waals surface area contributed by atoms with Gasteiger partial charge in [-0.15, -0.1) is 11.6 Å². The predicted molar refractivity (Wildman–Crippen MR) is 76.8 cm³/mol. The van der Waals surface area contributed by atoms with Gasteiger partial charge in [-0.05, 0) is 18.2 Å². The molecule has 0 amide bonds.